The van der Waals surface area contributed by atoms with Gasteiger partial charge in [-0.15, -0.1) is 0 Å². The molecule has 0 amide bonds. The number of allylic oxidation sites excluding steroid dienone is 2. The van der Waals surface area contributed by atoms with Gasteiger partial charge in [0.2, 0.25) is 0 Å². The normalized spacial score (nSPS) is 17.3. The fourth-order valence-electron chi connectivity index (χ4n) is 9.19. The number of fused-ring (bicyclic) bond motifs is 2. The molecule has 2 atom stereocenters. The molecule has 0 bridgehead atoms. The Morgan fingerprint density at radius 2 is 0.815 bits per heavy atom. The van der Waals surface area contributed by atoms with Gasteiger partial charge in [0.15, 0.2) is 0 Å². The molecular formula is C50H49Cl2SiZr. The molecule has 8 rings (SSSR count). The quantitative estimate of drug-likeness (QED) is 0.127. The van der Waals surface area contributed by atoms with Crippen LogP contribution in [0, 0.1) is 0 Å². The van der Waals surface area contributed by atoms with Gasteiger partial charge < -0.3 is 0 Å². The molecule has 0 radical (unpaired) electrons. The molecule has 54 heavy (non-hydrogen) atoms. The van der Waals surface area contributed by atoms with Gasteiger partial charge in [-0.25, -0.2) is 0 Å². The zero-order chi connectivity index (χ0) is 37.8. The van der Waals surface area contributed by atoms with Crippen molar-refractivity contribution >= 4 is 46.2 Å². The first kappa shape index (κ1) is 37.4. The average molecular weight is 840 g/mol. The van der Waals surface area contributed by atoms with Crippen LogP contribution in [0.25, 0.3) is 45.6 Å². The molecule has 0 saturated carbocycles. The van der Waals surface area contributed by atoms with Gasteiger partial charge >= 0.3 is 334 Å². The minimum absolute atomic E-state index is 0.0780. The van der Waals surface area contributed by atoms with Gasteiger partial charge in [0.25, 0.3) is 0 Å². The third kappa shape index (κ3) is 6.23. The SMILES string of the molecule is CC(C)c1ccc(-c2cccc3c2C=C(c2ccccc2)[CH]3[Zr]([Cl])([Cl])([CH]2C(c3ccccc3)=Cc3c(-c4ccc(C(C)C)cc4)cccc32)[SiH](C)C)cc1. The first-order valence-corrected chi connectivity index (χ1v) is 35.9. The Bertz CT molecular complexity index is 2220. The summed E-state index contributed by atoms with van der Waals surface area (Å²) in [5.74, 6) is -0.860. The minimum atomic E-state index is -5.18. The second-order valence-electron chi connectivity index (χ2n) is 16.3. The monoisotopic (exact) mass is 837 g/mol. The summed E-state index contributed by atoms with van der Waals surface area (Å²) in [6.45, 7) is 13.9. The van der Waals surface area contributed by atoms with Gasteiger partial charge in [-0.3, -0.25) is 0 Å². The Morgan fingerprint density at radius 1 is 0.444 bits per heavy atom. The second kappa shape index (κ2) is 14.5. The summed E-state index contributed by atoms with van der Waals surface area (Å²) >= 11 is -5.18. The van der Waals surface area contributed by atoms with E-state index in [1.807, 2.05) is 0 Å². The van der Waals surface area contributed by atoms with E-state index in [1.165, 1.54) is 77.9 Å². The molecule has 2 aliphatic carbocycles. The van der Waals surface area contributed by atoms with Crippen LogP contribution in [0.2, 0.25) is 13.1 Å². The Balaban J connectivity index is 1.38. The van der Waals surface area contributed by atoms with Gasteiger partial charge in [-0.05, 0) is 0 Å². The first-order chi connectivity index (χ1) is 26.0. The number of benzene rings is 6. The number of rotatable bonds is 9. The van der Waals surface area contributed by atoms with E-state index < -0.39 is 21.5 Å². The van der Waals surface area contributed by atoms with E-state index in [0.29, 0.717) is 11.8 Å². The zero-order valence-corrected chi connectivity index (χ0v) is 37.3. The van der Waals surface area contributed by atoms with Gasteiger partial charge in [0.05, 0.1) is 0 Å². The maximum absolute atomic E-state index is 8.95. The number of halogens is 2. The molecule has 0 spiro atoms. The molecular weight excluding hydrogens is 791 g/mol. The van der Waals surface area contributed by atoms with Crippen LogP contribution in [-0.4, -0.2) is 5.92 Å². The maximum atomic E-state index is 8.95. The summed E-state index contributed by atoms with van der Waals surface area (Å²) < 4.78 is -0.156. The Hall–Kier alpha value is -3.52. The fourth-order valence-corrected chi connectivity index (χ4v) is 39.3. The zero-order valence-electron chi connectivity index (χ0n) is 32.2. The van der Waals surface area contributed by atoms with Crippen LogP contribution < -0.4 is 0 Å². The van der Waals surface area contributed by atoms with Crippen LogP contribution in [0.3, 0.4) is 0 Å². The fraction of sp³-hybridized carbons (Fsp3) is 0.200. The standard InChI is InChI=1S/2C24H21.C2H7Si.2ClH.Zr/c2*1-17(2)18-11-13-20(14-12-18)23-10-6-9-21-15-22(16-24(21)23)19-7-4-3-5-8-19;1-3-2;;;/h2*3-17H,1-2H3;3H,1-2H3;2*1H;/q;;;;;+2/p-2. The molecule has 0 N–H and O–H groups in total. The molecule has 4 heteroatoms. The summed E-state index contributed by atoms with van der Waals surface area (Å²) in [4.78, 5) is 0. The van der Waals surface area contributed by atoms with E-state index in [9.17, 15) is 0 Å². The van der Waals surface area contributed by atoms with Crippen LogP contribution in [0.4, 0.5) is 0 Å². The summed E-state index contributed by atoms with van der Waals surface area (Å²) in [7, 11) is 17.9. The average Bonchev–Trinajstić information content (AvgIpc) is 3.80. The Kier molecular flexibility index (Phi) is 10.1. The van der Waals surface area contributed by atoms with E-state index in [2.05, 4.69) is 199 Å². The van der Waals surface area contributed by atoms with Crippen LogP contribution in [0.5, 0.6) is 0 Å². The summed E-state index contributed by atoms with van der Waals surface area (Å²) in [6.07, 6.45) is 4.90. The van der Waals surface area contributed by atoms with Gasteiger partial charge in [-0.2, -0.15) is 0 Å². The van der Waals surface area contributed by atoms with E-state index in [4.69, 9.17) is 17.0 Å². The summed E-state index contributed by atoms with van der Waals surface area (Å²) in [5.41, 5.74) is 17.7. The Labute approximate surface area is 331 Å². The summed E-state index contributed by atoms with van der Waals surface area (Å²) in [5, 5.41) is 0. The number of hydrogen-bond acceptors (Lipinski definition) is 0. The van der Waals surface area contributed by atoms with Crippen molar-refractivity contribution in [2.24, 2.45) is 0 Å². The summed E-state index contributed by atoms with van der Waals surface area (Å²) in [6, 6.07) is 53.8. The van der Waals surface area contributed by atoms with Crippen LogP contribution in [0.15, 0.2) is 146 Å². The van der Waals surface area contributed by atoms with Crippen molar-refractivity contribution in [2.75, 3.05) is 0 Å². The van der Waals surface area contributed by atoms with E-state index in [1.54, 1.807) is 0 Å². The molecule has 6 aromatic carbocycles. The molecule has 2 unspecified atom stereocenters. The molecule has 271 valence electrons. The molecule has 0 fully saturated rings. The van der Waals surface area contributed by atoms with E-state index in [0.717, 1.165) is 0 Å². The molecule has 0 heterocycles. The second-order valence-corrected chi connectivity index (χ2v) is 58.9. The number of hydrogen-bond donors (Lipinski definition) is 0. The molecule has 2 aliphatic rings. The van der Waals surface area contributed by atoms with Crippen molar-refractivity contribution in [3.05, 3.63) is 190 Å². The first-order valence-electron chi connectivity index (χ1n) is 19.5. The van der Waals surface area contributed by atoms with Crippen LogP contribution in [0.1, 0.15) is 91.3 Å². The molecule has 6 aromatic rings. The predicted octanol–water partition coefficient (Wildman–Crippen LogP) is 15.1. The third-order valence-corrected chi connectivity index (χ3v) is 63.9. The molecule has 0 nitrogen and oxygen atoms in total. The van der Waals surface area contributed by atoms with Crippen LogP contribution in [-0.2, 0) is 15.6 Å². The molecule has 0 aliphatic heterocycles. The van der Waals surface area contributed by atoms with Crippen molar-refractivity contribution in [3.8, 4) is 22.3 Å². The van der Waals surface area contributed by atoms with Crippen LogP contribution >= 0.6 is 17.0 Å². The van der Waals surface area contributed by atoms with E-state index >= 15 is 0 Å². The van der Waals surface area contributed by atoms with E-state index in [-0.39, 0.29) is 7.25 Å². The van der Waals surface area contributed by atoms with Gasteiger partial charge in [-0.1, -0.05) is 0 Å². The van der Waals surface area contributed by atoms with Crippen molar-refractivity contribution in [3.63, 3.8) is 0 Å². The van der Waals surface area contributed by atoms with Crippen molar-refractivity contribution in [1.82, 2.24) is 0 Å². The van der Waals surface area contributed by atoms with Gasteiger partial charge in [0.1, 0.15) is 0 Å². The van der Waals surface area contributed by atoms with Gasteiger partial charge in [0, 0.05) is 0 Å². The predicted molar refractivity (Wildman–Crippen MR) is 237 cm³/mol. The van der Waals surface area contributed by atoms with Crippen molar-refractivity contribution < 1.29 is 15.6 Å². The third-order valence-electron chi connectivity index (χ3n) is 12.3. The van der Waals surface area contributed by atoms with Crippen molar-refractivity contribution in [1.29, 1.82) is 0 Å². The van der Waals surface area contributed by atoms with Crippen molar-refractivity contribution in [2.45, 2.75) is 59.9 Å². The molecule has 0 aromatic heterocycles. The Morgan fingerprint density at radius 3 is 1.15 bits per heavy atom. The molecule has 0 saturated heterocycles. The topological polar surface area (TPSA) is 0 Å².